The second-order valence-corrected chi connectivity index (χ2v) is 3.82. The van der Waals surface area contributed by atoms with Crippen LogP contribution in [0.25, 0.3) is 0 Å². The zero-order chi connectivity index (χ0) is 11.6. The second-order valence-electron chi connectivity index (χ2n) is 3.82. The van der Waals surface area contributed by atoms with Crippen LogP contribution >= 0.6 is 0 Å². The maximum Gasteiger partial charge on any atom is 0.258 e. The summed E-state index contributed by atoms with van der Waals surface area (Å²) in [4.78, 5) is 10.9. The number of primary amides is 1. The Morgan fingerprint density at radius 2 is 1.80 bits per heavy atom. The summed E-state index contributed by atoms with van der Waals surface area (Å²) < 4.78 is 5.54. The molecule has 1 aromatic rings. The van der Waals surface area contributed by atoms with Crippen LogP contribution in [-0.2, 0) is 4.79 Å². The fraction of sp³-hybridized carbons (Fsp3) is 0.417. The highest BCUT2D eigenvalue weighted by Crippen LogP contribution is 2.26. The highest BCUT2D eigenvalue weighted by Gasteiger charge is 2.14. The van der Waals surface area contributed by atoms with Crippen molar-refractivity contribution >= 4 is 5.91 Å². The molecule has 82 valence electrons. The van der Waals surface area contributed by atoms with Gasteiger partial charge in [-0.05, 0) is 44.4 Å². The van der Waals surface area contributed by atoms with Crippen LogP contribution in [0.2, 0.25) is 0 Å². The van der Waals surface area contributed by atoms with E-state index in [4.69, 9.17) is 10.5 Å². The Morgan fingerprint density at radius 3 is 2.33 bits per heavy atom. The van der Waals surface area contributed by atoms with Gasteiger partial charge in [0.25, 0.3) is 5.91 Å². The van der Waals surface area contributed by atoms with Crippen LogP contribution in [0.1, 0.15) is 23.6 Å². The lowest BCUT2D eigenvalue weighted by Crippen LogP contribution is -2.31. The third-order valence-electron chi connectivity index (χ3n) is 2.57. The van der Waals surface area contributed by atoms with Gasteiger partial charge in [-0.15, -0.1) is 0 Å². The Morgan fingerprint density at radius 1 is 1.27 bits per heavy atom. The molecule has 0 aliphatic carbocycles. The second kappa shape index (κ2) is 4.34. The topological polar surface area (TPSA) is 52.3 Å². The average Bonchev–Trinajstić information content (AvgIpc) is 2.18. The summed E-state index contributed by atoms with van der Waals surface area (Å²) in [5, 5.41) is 0. The van der Waals surface area contributed by atoms with E-state index in [1.807, 2.05) is 32.9 Å². The minimum atomic E-state index is -0.593. The highest BCUT2D eigenvalue weighted by molar-refractivity contribution is 5.78. The first-order valence-corrected chi connectivity index (χ1v) is 4.96. The summed E-state index contributed by atoms with van der Waals surface area (Å²) in [7, 11) is 0. The summed E-state index contributed by atoms with van der Waals surface area (Å²) in [6, 6.07) is 4.01. The van der Waals surface area contributed by atoms with E-state index >= 15 is 0 Å². The molecule has 1 atom stereocenters. The van der Waals surface area contributed by atoms with Gasteiger partial charge in [0.1, 0.15) is 5.75 Å². The number of hydrogen-bond donors (Lipinski definition) is 1. The van der Waals surface area contributed by atoms with E-state index in [2.05, 4.69) is 0 Å². The number of carbonyl (C=O) groups is 1. The molecule has 0 aromatic heterocycles. The SMILES string of the molecule is Cc1ccc(C)c(OC(C)C(N)=O)c1C. The molecule has 1 amide bonds. The first-order chi connectivity index (χ1) is 6.93. The maximum absolute atomic E-state index is 10.9. The number of carbonyl (C=O) groups excluding carboxylic acids is 1. The van der Waals surface area contributed by atoms with Crippen molar-refractivity contribution in [3.05, 3.63) is 28.8 Å². The summed E-state index contributed by atoms with van der Waals surface area (Å²) in [6.07, 6.45) is -0.593. The molecule has 0 saturated heterocycles. The predicted octanol–water partition coefficient (Wildman–Crippen LogP) is 1.86. The van der Waals surface area contributed by atoms with E-state index in [1.54, 1.807) is 6.92 Å². The maximum atomic E-state index is 10.9. The van der Waals surface area contributed by atoms with Gasteiger partial charge in [0.15, 0.2) is 6.10 Å². The summed E-state index contributed by atoms with van der Waals surface area (Å²) in [6.45, 7) is 7.60. The number of benzene rings is 1. The van der Waals surface area contributed by atoms with Crippen molar-refractivity contribution in [1.82, 2.24) is 0 Å². The molecule has 15 heavy (non-hydrogen) atoms. The highest BCUT2D eigenvalue weighted by atomic mass is 16.5. The molecule has 0 bridgehead atoms. The number of ether oxygens (including phenoxy) is 1. The monoisotopic (exact) mass is 207 g/mol. The number of amides is 1. The van der Waals surface area contributed by atoms with Crippen molar-refractivity contribution in [1.29, 1.82) is 0 Å². The minimum Gasteiger partial charge on any atom is -0.480 e. The molecule has 3 nitrogen and oxygen atoms in total. The number of aryl methyl sites for hydroxylation is 2. The van der Waals surface area contributed by atoms with Crippen molar-refractivity contribution in [3.8, 4) is 5.75 Å². The Hall–Kier alpha value is -1.51. The zero-order valence-electron chi connectivity index (χ0n) is 9.63. The van der Waals surface area contributed by atoms with Crippen LogP contribution < -0.4 is 10.5 Å². The molecule has 1 aromatic carbocycles. The van der Waals surface area contributed by atoms with Gasteiger partial charge in [-0.25, -0.2) is 0 Å². The van der Waals surface area contributed by atoms with Gasteiger partial charge in [0, 0.05) is 0 Å². The minimum absolute atomic E-state index is 0.449. The molecule has 0 fully saturated rings. The van der Waals surface area contributed by atoms with Gasteiger partial charge >= 0.3 is 0 Å². The van der Waals surface area contributed by atoms with Gasteiger partial charge in [0.2, 0.25) is 0 Å². The molecule has 3 heteroatoms. The van der Waals surface area contributed by atoms with E-state index in [9.17, 15) is 4.79 Å². The van der Waals surface area contributed by atoms with Gasteiger partial charge in [-0.2, -0.15) is 0 Å². The van der Waals surface area contributed by atoms with Crippen molar-refractivity contribution < 1.29 is 9.53 Å². The average molecular weight is 207 g/mol. The lowest BCUT2D eigenvalue weighted by molar-refractivity contribution is -0.124. The lowest BCUT2D eigenvalue weighted by atomic mass is 10.1. The summed E-state index contributed by atoms with van der Waals surface area (Å²) in [5.74, 6) is 0.316. The van der Waals surface area contributed by atoms with E-state index in [1.165, 1.54) is 0 Å². The van der Waals surface area contributed by atoms with E-state index in [-0.39, 0.29) is 0 Å². The molecule has 0 radical (unpaired) electrons. The van der Waals surface area contributed by atoms with Gasteiger partial charge in [-0.3, -0.25) is 4.79 Å². The Labute approximate surface area is 90.2 Å². The molecule has 0 heterocycles. The Kier molecular flexibility index (Phi) is 3.35. The zero-order valence-corrected chi connectivity index (χ0v) is 9.63. The molecule has 0 aliphatic rings. The first kappa shape index (κ1) is 11.6. The van der Waals surface area contributed by atoms with Crippen molar-refractivity contribution in [3.63, 3.8) is 0 Å². The Balaban J connectivity index is 3.03. The largest absolute Gasteiger partial charge is 0.480 e. The van der Waals surface area contributed by atoms with Crippen LogP contribution in [0.5, 0.6) is 5.75 Å². The molecule has 1 unspecified atom stereocenters. The van der Waals surface area contributed by atoms with Crippen molar-refractivity contribution in [2.24, 2.45) is 5.73 Å². The lowest BCUT2D eigenvalue weighted by Gasteiger charge is -2.17. The van der Waals surface area contributed by atoms with E-state index in [0.717, 1.165) is 22.4 Å². The Bertz CT molecular complexity index is 385. The molecular formula is C12H17NO2. The molecular weight excluding hydrogens is 190 g/mol. The predicted molar refractivity (Wildman–Crippen MR) is 59.9 cm³/mol. The standard InChI is InChI=1S/C12H17NO2/c1-7-5-6-8(2)11(9(7)3)15-10(4)12(13)14/h5-6,10H,1-4H3,(H2,13,14). The van der Waals surface area contributed by atoms with Crippen LogP contribution in [0, 0.1) is 20.8 Å². The fourth-order valence-corrected chi connectivity index (χ4v) is 1.34. The summed E-state index contributed by atoms with van der Waals surface area (Å²) in [5.41, 5.74) is 8.38. The van der Waals surface area contributed by atoms with E-state index in [0.29, 0.717) is 0 Å². The molecule has 0 aliphatic heterocycles. The fourth-order valence-electron chi connectivity index (χ4n) is 1.34. The van der Waals surface area contributed by atoms with Crippen LogP contribution in [-0.4, -0.2) is 12.0 Å². The molecule has 1 rings (SSSR count). The van der Waals surface area contributed by atoms with Crippen molar-refractivity contribution in [2.75, 3.05) is 0 Å². The smallest absolute Gasteiger partial charge is 0.258 e. The van der Waals surface area contributed by atoms with Crippen LogP contribution in [0.3, 0.4) is 0 Å². The normalized spacial score (nSPS) is 12.3. The van der Waals surface area contributed by atoms with Gasteiger partial charge in [-0.1, -0.05) is 12.1 Å². The molecule has 0 saturated carbocycles. The van der Waals surface area contributed by atoms with Gasteiger partial charge < -0.3 is 10.5 Å². The first-order valence-electron chi connectivity index (χ1n) is 4.96. The number of nitrogens with two attached hydrogens (primary N) is 1. The third-order valence-corrected chi connectivity index (χ3v) is 2.57. The number of hydrogen-bond acceptors (Lipinski definition) is 2. The number of rotatable bonds is 3. The quantitative estimate of drug-likeness (QED) is 0.822. The van der Waals surface area contributed by atoms with E-state index < -0.39 is 12.0 Å². The van der Waals surface area contributed by atoms with Crippen LogP contribution in [0.15, 0.2) is 12.1 Å². The third kappa shape index (κ3) is 2.49. The van der Waals surface area contributed by atoms with Crippen LogP contribution in [0.4, 0.5) is 0 Å². The molecule has 2 N–H and O–H groups in total. The van der Waals surface area contributed by atoms with Gasteiger partial charge in [0.05, 0.1) is 0 Å². The van der Waals surface area contributed by atoms with Crippen molar-refractivity contribution in [2.45, 2.75) is 33.8 Å². The summed E-state index contributed by atoms with van der Waals surface area (Å²) >= 11 is 0. The molecule has 0 spiro atoms.